The van der Waals surface area contributed by atoms with Crippen LogP contribution in [0, 0.1) is 5.92 Å². The van der Waals surface area contributed by atoms with Gasteiger partial charge in [0.2, 0.25) is 0 Å². The number of carbonyl (C=O) groups is 1. The van der Waals surface area contributed by atoms with Crippen molar-refractivity contribution in [1.29, 1.82) is 0 Å². The summed E-state index contributed by atoms with van der Waals surface area (Å²) in [5.74, 6) is 0.748. The summed E-state index contributed by atoms with van der Waals surface area (Å²) >= 11 is 3.65. The number of pyridine rings is 2. The van der Waals surface area contributed by atoms with Crippen molar-refractivity contribution < 1.29 is 4.79 Å². The number of benzene rings is 1. The Morgan fingerprint density at radius 3 is 2.57 bits per heavy atom. The first-order valence-electron chi connectivity index (χ1n) is 13.8. The van der Waals surface area contributed by atoms with E-state index >= 15 is 0 Å². The van der Waals surface area contributed by atoms with E-state index in [0.29, 0.717) is 12.3 Å². The first-order valence-corrected chi connectivity index (χ1v) is 14.6. The molecule has 0 bridgehead atoms. The predicted octanol–water partition coefficient (Wildman–Crippen LogP) is 6.26. The number of rotatable bonds is 9. The number of aromatic nitrogens is 2. The van der Waals surface area contributed by atoms with E-state index in [4.69, 9.17) is 4.98 Å². The summed E-state index contributed by atoms with van der Waals surface area (Å²) in [5, 5.41) is 4.67. The molecule has 7 heteroatoms. The van der Waals surface area contributed by atoms with Crippen LogP contribution < -0.4 is 5.32 Å². The number of carbonyl (C=O) groups excluding carboxylic acids is 1. The Labute approximate surface area is 229 Å². The van der Waals surface area contributed by atoms with Crippen molar-refractivity contribution in [1.82, 2.24) is 19.8 Å². The molecule has 2 saturated heterocycles. The largest absolute Gasteiger partial charge is 0.384 e. The van der Waals surface area contributed by atoms with Gasteiger partial charge in [0.15, 0.2) is 5.78 Å². The van der Waals surface area contributed by atoms with Crippen LogP contribution in [0.4, 0.5) is 5.69 Å². The summed E-state index contributed by atoms with van der Waals surface area (Å²) in [6.45, 7) is 6.68. The number of halogens is 1. The van der Waals surface area contributed by atoms with Crippen LogP contribution in [-0.2, 0) is 0 Å². The molecule has 0 atom stereocenters. The molecule has 5 rings (SSSR count). The zero-order valence-corrected chi connectivity index (χ0v) is 23.5. The van der Waals surface area contributed by atoms with E-state index in [1.165, 1.54) is 32.4 Å². The summed E-state index contributed by atoms with van der Waals surface area (Å²) in [4.78, 5) is 27.2. The SMILES string of the molecule is CN1CCC(CC(=O)c2ccc(-c3cc(NCCCN4CCCCC4)c4cncc(Br)c4n3)cc2)CC1. The lowest BCUT2D eigenvalue weighted by Crippen LogP contribution is -2.31. The number of ketones is 1. The third-order valence-electron chi connectivity index (χ3n) is 7.91. The Morgan fingerprint density at radius 1 is 1.05 bits per heavy atom. The molecule has 1 aromatic carbocycles. The molecule has 3 aromatic rings. The van der Waals surface area contributed by atoms with Crippen molar-refractivity contribution in [2.45, 2.75) is 44.9 Å². The van der Waals surface area contributed by atoms with E-state index in [-0.39, 0.29) is 5.78 Å². The molecule has 2 aliphatic heterocycles. The second-order valence-corrected chi connectivity index (χ2v) is 11.6. The number of nitrogens with zero attached hydrogens (tertiary/aromatic N) is 4. The molecule has 1 N–H and O–H groups in total. The van der Waals surface area contributed by atoms with Crippen LogP contribution in [0.3, 0.4) is 0 Å². The van der Waals surface area contributed by atoms with Crippen LogP contribution >= 0.6 is 15.9 Å². The highest BCUT2D eigenvalue weighted by molar-refractivity contribution is 9.10. The molecule has 0 aliphatic carbocycles. The molecule has 2 aliphatic rings. The minimum absolute atomic E-state index is 0.248. The average molecular weight is 565 g/mol. The summed E-state index contributed by atoms with van der Waals surface area (Å²) in [7, 11) is 2.16. The van der Waals surface area contributed by atoms with Crippen molar-refractivity contribution in [3.63, 3.8) is 0 Å². The first-order chi connectivity index (χ1) is 18.1. The van der Waals surface area contributed by atoms with E-state index in [1.807, 2.05) is 30.5 Å². The molecular weight excluding hydrogens is 526 g/mol. The van der Waals surface area contributed by atoms with Gasteiger partial charge in [-0.2, -0.15) is 0 Å². The average Bonchev–Trinajstić information content (AvgIpc) is 2.93. The number of anilines is 1. The Hall–Kier alpha value is -2.35. The minimum Gasteiger partial charge on any atom is -0.384 e. The number of fused-ring (bicyclic) bond motifs is 1. The second-order valence-electron chi connectivity index (χ2n) is 10.7. The maximum Gasteiger partial charge on any atom is 0.163 e. The topological polar surface area (TPSA) is 61.4 Å². The quantitative estimate of drug-likeness (QED) is 0.245. The van der Waals surface area contributed by atoms with Gasteiger partial charge in [0, 0.05) is 47.6 Å². The molecule has 6 nitrogen and oxygen atoms in total. The number of likely N-dealkylation sites (tertiary alicyclic amines) is 2. The Morgan fingerprint density at radius 2 is 1.81 bits per heavy atom. The first kappa shape index (κ1) is 26.3. The normalized spacial score (nSPS) is 17.8. The van der Waals surface area contributed by atoms with Gasteiger partial charge in [-0.3, -0.25) is 9.78 Å². The molecule has 0 radical (unpaired) electrons. The van der Waals surface area contributed by atoms with E-state index in [2.05, 4.69) is 49.1 Å². The highest BCUT2D eigenvalue weighted by atomic mass is 79.9. The fourth-order valence-electron chi connectivity index (χ4n) is 5.58. The molecular formula is C30H38BrN5O. The van der Waals surface area contributed by atoms with Crippen LogP contribution in [0.1, 0.15) is 55.3 Å². The van der Waals surface area contributed by atoms with Crippen LogP contribution in [0.5, 0.6) is 0 Å². The third kappa shape index (κ3) is 6.75. The van der Waals surface area contributed by atoms with Crippen molar-refractivity contribution in [3.05, 3.63) is 52.8 Å². The Balaban J connectivity index is 1.29. The van der Waals surface area contributed by atoms with Gasteiger partial charge in [-0.1, -0.05) is 30.7 Å². The smallest absolute Gasteiger partial charge is 0.163 e. The standard InChI is InChI=1S/C30H38BrN5O/c1-35-16-10-22(11-17-35)18-29(37)24-8-6-23(7-9-24)27-19-28(25-20-32-21-26(31)30(25)34-27)33-12-5-15-36-13-3-2-4-14-36/h6-9,19-22H,2-5,10-18H2,1H3,(H,33,34). The number of hydrogen-bond acceptors (Lipinski definition) is 6. The third-order valence-corrected chi connectivity index (χ3v) is 8.49. The van der Waals surface area contributed by atoms with Crippen LogP contribution in [0.15, 0.2) is 47.2 Å². The molecule has 0 unspecified atom stereocenters. The van der Waals surface area contributed by atoms with Crippen molar-refractivity contribution in [2.75, 3.05) is 51.6 Å². The second kappa shape index (κ2) is 12.5. The van der Waals surface area contributed by atoms with Crippen LogP contribution in [0.25, 0.3) is 22.2 Å². The van der Waals surface area contributed by atoms with Crippen LogP contribution in [0.2, 0.25) is 0 Å². The lowest BCUT2D eigenvalue weighted by Gasteiger charge is -2.28. The molecule has 4 heterocycles. The number of nitrogens with one attached hydrogen (secondary N) is 1. The maximum absolute atomic E-state index is 12.9. The van der Waals surface area contributed by atoms with Gasteiger partial charge in [-0.15, -0.1) is 0 Å². The molecule has 0 amide bonds. The zero-order chi connectivity index (χ0) is 25.6. The van der Waals surface area contributed by atoms with Gasteiger partial charge in [0.1, 0.15) is 0 Å². The predicted molar refractivity (Wildman–Crippen MR) is 155 cm³/mol. The van der Waals surface area contributed by atoms with Gasteiger partial charge in [0.25, 0.3) is 0 Å². The number of hydrogen-bond donors (Lipinski definition) is 1. The summed E-state index contributed by atoms with van der Waals surface area (Å²) in [6.07, 6.45) is 11.7. The number of Topliss-reactive ketones (excluding diaryl/α,β-unsaturated/α-hetero) is 1. The highest BCUT2D eigenvalue weighted by Gasteiger charge is 2.20. The van der Waals surface area contributed by atoms with Crippen molar-refractivity contribution in [3.8, 4) is 11.3 Å². The van der Waals surface area contributed by atoms with Crippen molar-refractivity contribution in [2.24, 2.45) is 5.92 Å². The highest BCUT2D eigenvalue weighted by Crippen LogP contribution is 2.32. The van der Waals surface area contributed by atoms with Gasteiger partial charge in [-0.25, -0.2) is 4.98 Å². The van der Waals surface area contributed by atoms with E-state index in [0.717, 1.165) is 83.3 Å². The molecule has 196 valence electrons. The summed E-state index contributed by atoms with van der Waals surface area (Å²) in [5.41, 5.74) is 4.65. The number of piperidine rings is 2. The van der Waals surface area contributed by atoms with E-state index in [1.54, 1.807) is 6.20 Å². The fraction of sp³-hybridized carbons (Fsp3) is 0.500. The maximum atomic E-state index is 12.9. The summed E-state index contributed by atoms with van der Waals surface area (Å²) < 4.78 is 0.883. The monoisotopic (exact) mass is 563 g/mol. The van der Waals surface area contributed by atoms with Crippen LogP contribution in [-0.4, -0.2) is 71.9 Å². The lowest BCUT2D eigenvalue weighted by molar-refractivity contribution is 0.0936. The molecule has 2 fully saturated rings. The van der Waals surface area contributed by atoms with Crippen molar-refractivity contribution >= 4 is 38.3 Å². The minimum atomic E-state index is 0.248. The molecule has 2 aromatic heterocycles. The van der Waals surface area contributed by atoms with Gasteiger partial charge < -0.3 is 15.1 Å². The lowest BCUT2D eigenvalue weighted by atomic mass is 9.90. The Bertz CT molecular complexity index is 1200. The molecule has 0 spiro atoms. The molecule has 37 heavy (non-hydrogen) atoms. The van der Waals surface area contributed by atoms with Gasteiger partial charge in [-0.05, 0) is 99.8 Å². The van der Waals surface area contributed by atoms with Gasteiger partial charge in [0.05, 0.1) is 15.7 Å². The zero-order valence-electron chi connectivity index (χ0n) is 21.9. The Kier molecular flexibility index (Phi) is 8.85. The summed E-state index contributed by atoms with van der Waals surface area (Å²) in [6, 6.07) is 10.1. The van der Waals surface area contributed by atoms with Gasteiger partial charge >= 0.3 is 0 Å². The fourth-order valence-corrected chi connectivity index (χ4v) is 6.00. The molecule has 0 saturated carbocycles. The van der Waals surface area contributed by atoms with E-state index < -0.39 is 0 Å². The van der Waals surface area contributed by atoms with E-state index in [9.17, 15) is 4.79 Å².